The van der Waals surface area contributed by atoms with Gasteiger partial charge in [0.05, 0.1) is 4.47 Å². The van der Waals surface area contributed by atoms with Crippen LogP contribution < -0.4 is 10.1 Å². The highest BCUT2D eigenvalue weighted by atomic mass is 79.9. The molecule has 0 bridgehead atoms. The second-order valence-corrected chi connectivity index (χ2v) is 5.04. The Morgan fingerprint density at radius 2 is 2.31 bits per heavy atom. The van der Waals surface area contributed by atoms with Crippen molar-refractivity contribution in [2.24, 2.45) is 0 Å². The van der Waals surface area contributed by atoms with Gasteiger partial charge < -0.3 is 10.1 Å². The topological polar surface area (TPSA) is 21.3 Å². The molecule has 2 rings (SSSR count). The predicted octanol–water partition coefficient (Wildman–Crippen LogP) is 3.11. The largest absolute Gasteiger partial charge is 0.488 e. The molecule has 0 amide bonds. The molecule has 2 nitrogen and oxygen atoms in total. The molecule has 0 aliphatic heterocycles. The van der Waals surface area contributed by atoms with Crippen molar-refractivity contribution >= 4 is 15.9 Å². The van der Waals surface area contributed by atoms with Crippen molar-refractivity contribution in [3.63, 3.8) is 0 Å². The molecule has 4 heteroatoms. The summed E-state index contributed by atoms with van der Waals surface area (Å²) in [6.07, 6.45) is 2.63. The Morgan fingerprint density at radius 1 is 1.56 bits per heavy atom. The van der Waals surface area contributed by atoms with Crippen LogP contribution >= 0.6 is 15.9 Å². The van der Waals surface area contributed by atoms with E-state index in [9.17, 15) is 4.39 Å². The lowest BCUT2D eigenvalue weighted by Gasteiger charge is -2.16. The van der Waals surface area contributed by atoms with E-state index in [1.54, 1.807) is 6.07 Å². The summed E-state index contributed by atoms with van der Waals surface area (Å²) in [4.78, 5) is 0. The Morgan fingerprint density at radius 3 is 2.94 bits per heavy atom. The molecule has 1 aromatic carbocycles. The van der Waals surface area contributed by atoms with Gasteiger partial charge in [0.2, 0.25) is 0 Å². The van der Waals surface area contributed by atoms with Crippen molar-refractivity contribution in [1.29, 1.82) is 0 Å². The van der Waals surface area contributed by atoms with Crippen LogP contribution in [0.3, 0.4) is 0 Å². The molecule has 0 saturated heterocycles. The van der Waals surface area contributed by atoms with Crippen molar-refractivity contribution in [1.82, 2.24) is 5.32 Å². The molecule has 0 heterocycles. The Labute approximate surface area is 103 Å². The Hall–Kier alpha value is -0.610. The molecule has 1 saturated carbocycles. The highest BCUT2D eigenvalue weighted by Gasteiger charge is 2.21. The van der Waals surface area contributed by atoms with Crippen molar-refractivity contribution in [2.75, 3.05) is 6.54 Å². The van der Waals surface area contributed by atoms with Gasteiger partial charge >= 0.3 is 0 Å². The standard InChI is InChI=1S/C12H15BrFNO/c1-8(7-15-10-3-4-10)16-12-5-2-9(14)6-11(12)13/h2,5-6,8,10,15H,3-4,7H2,1H3. The van der Waals surface area contributed by atoms with Crippen LogP contribution in [0.1, 0.15) is 19.8 Å². The Kier molecular flexibility index (Phi) is 3.82. The van der Waals surface area contributed by atoms with E-state index >= 15 is 0 Å². The molecule has 1 fully saturated rings. The van der Waals surface area contributed by atoms with Crippen LogP contribution in [-0.2, 0) is 0 Å². The van der Waals surface area contributed by atoms with E-state index in [1.807, 2.05) is 6.92 Å². The monoisotopic (exact) mass is 287 g/mol. The molecule has 1 unspecified atom stereocenters. The van der Waals surface area contributed by atoms with Crippen LogP contribution in [0.2, 0.25) is 0 Å². The zero-order valence-corrected chi connectivity index (χ0v) is 10.8. The number of hydrogen-bond donors (Lipinski definition) is 1. The molecule has 1 atom stereocenters. The van der Waals surface area contributed by atoms with Crippen molar-refractivity contribution in [3.8, 4) is 5.75 Å². The summed E-state index contributed by atoms with van der Waals surface area (Å²) in [7, 11) is 0. The lowest BCUT2D eigenvalue weighted by Crippen LogP contribution is -2.30. The second kappa shape index (κ2) is 5.15. The molecule has 0 radical (unpaired) electrons. The van der Waals surface area contributed by atoms with E-state index in [0.717, 1.165) is 6.54 Å². The van der Waals surface area contributed by atoms with E-state index in [2.05, 4.69) is 21.2 Å². The van der Waals surface area contributed by atoms with Gasteiger partial charge in [-0.15, -0.1) is 0 Å². The summed E-state index contributed by atoms with van der Waals surface area (Å²) in [6.45, 7) is 2.83. The number of rotatable bonds is 5. The van der Waals surface area contributed by atoms with Gasteiger partial charge in [-0.2, -0.15) is 0 Å². The van der Waals surface area contributed by atoms with Crippen LogP contribution in [0, 0.1) is 5.82 Å². The van der Waals surface area contributed by atoms with Crippen molar-refractivity contribution < 1.29 is 9.13 Å². The SMILES string of the molecule is CC(CNC1CC1)Oc1ccc(F)cc1Br. The molecule has 0 aromatic heterocycles. The number of ether oxygens (including phenoxy) is 1. The van der Waals surface area contributed by atoms with Gasteiger partial charge in [0, 0.05) is 12.6 Å². The van der Waals surface area contributed by atoms with E-state index < -0.39 is 0 Å². The zero-order valence-electron chi connectivity index (χ0n) is 9.17. The number of nitrogens with one attached hydrogen (secondary N) is 1. The van der Waals surface area contributed by atoms with Gasteiger partial charge in [-0.25, -0.2) is 4.39 Å². The van der Waals surface area contributed by atoms with E-state index in [-0.39, 0.29) is 11.9 Å². The fourth-order valence-corrected chi connectivity index (χ4v) is 1.89. The molecule has 1 N–H and O–H groups in total. The first kappa shape index (κ1) is 11.9. The summed E-state index contributed by atoms with van der Waals surface area (Å²) in [5, 5.41) is 3.39. The third-order valence-corrected chi connectivity index (χ3v) is 3.11. The predicted molar refractivity (Wildman–Crippen MR) is 65.2 cm³/mol. The first-order valence-electron chi connectivity index (χ1n) is 5.50. The quantitative estimate of drug-likeness (QED) is 0.899. The summed E-state index contributed by atoms with van der Waals surface area (Å²) < 4.78 is 19.2. The van der Waals surface area contributed by atoms with Crippen molar-refractivity contribution in [2.45, 2.75) is 31.9 Å². The van der Waals surface area contributed by atoms with Crippen LogP contribution in [0.5, 0.6) is 5.75 Å². The highest BCUT2D eigenvalue weighted by Crippen LogP contribution is 2.26. The number of halogens is 2. The molecule has 1 aromatic rings. The summed E-state index contributed by atoms with van der Waals surface area (Å²) in [5.41, 5.74) is 0. The van der Waals surface area contributed by atoms with Gasteiger partial charge in [0.25, 0.3) is 0 Å². The van der Waals surface area contributed by atoms with E-state index in [4.69, 9.17) is 4.74 Å². The Balaban J connectivity index is 1.86. The maximum atomic E-state index is 12.8. The fraction of sp³-hybridized carbons (Fsp3) is 0.500. The lowest BCUT2D eigenvalue weighted by atomic mass is 10.3. The summed E-state index contributed by atoms with van der Waals surface area (Å²) in [5.74, 6) is 0.425. The maximum absolute atomic E-state index is 12.8. The van der Waals surface area contributed by atoms with Crippen LogP contribution in [0.4, 0.5) is 4.39 Å². The first-order valence-corrected chi connectivity index (χ1v) is 6.29. The molecule has 1 aliphatic carbocycles. The summed E-state index contributed by atoms with van der Waals surface area (Å²) >= 11 is 3.28. The minimum atomic E-state index is -0.261. The van der Waals surface area contributed by atoms with Gasteiger partial charge in [0.15, 0.2) is 0 Å². The van der Waals surface area contributed by atoms with Gasteiger partial charge in [-0.1, -0.05) is 0 Å². The average Bonchev–Trinajstić information content (AvgIpc) is 3.03. The molecule has 1 aliphatic rings. The number of hydrogen-bond acceptors (Lipinski definition) is 2. The second-order valence-electron chi connectivity index (χ2n) is 4.19. The molecule has 16 heavy (non-hydrogen) atoms. The molecule has 0 spiro atoms. The normalized spacial score (nSPS) is 17.2. The average molecular weight is 288 g/mol. The fourth-order valence-electron chi connectivity index (χ4n) is 1.45. The molecular weight excluding hydrogens is 273 g/mol. The Bertz CT molecular complexity index is 368. The highest BCUT2D eigenvalue weighted by molar-refractivity contribution is 9.10. The minimum absolute atomic E-state index is 0.0855. The number of benzene rings is 1. The smallest absolute Gasteiger partial charge is 0.134 e. The third-order valence-electron chi connectivity index (χ3n) is 2.49. The third kappa shape index (κ3) is 3.46. The maximum Gasteiger partial charge on any atom is 0.134 e. The summed E-state index contributed by atoms with van der Waals surface area (Å²) in [6, 6.07) is 5.15. The van der Waals surface area contributed by atoms with Crippen LogP contribution in [0.15, 0.2) is 22.7 Å². The van der Waals surface area contributed by atoms with Gasteiger partial charge in [-0.05, 0) is 53.9 Å². The van der Waals surface area contributed by atoms with Gasteiger partial charge in [0.1, 0.15) is 17.7 Å². The van der Waals surface area contributed by atoms with Gasteiger partial charge in [-0.3, -0.25) is 0 Å². The van der Waals surface area contributed by atoms with Crippen molar-refractivity contribution in [3.05, 3.63) is 28.5 Å². The molecular formula is C12H15BrFNO. The molecule has 88 valence electrons. The van der Waals surface area contributed by atoms with Crippen LogP contribution in [0.25, 0.3) is 0 Å². The zero-order chi connectivity index (χ0) is 11.5. The van der Waals surface area contributed by atoms with E-state index in [1.165, 1.54) is 25.0 Å². The van der Waals surface area contributed by atoms with E-state index in [0.29, 0.717) is 16.3 Å². The minimum Gasteiger partial charge on any atom is -0.488 e. The lowest BCUT2D eigenvalue weighted by molar-refractivity contribution is 0.215. The van der Waals surface area contributed by atoms with Crippen LogP contribution in [-0.4, -0.2) is 18.7 Å². The first-order chi connectivity index (χ1) is 7.65.